The molecule has 2 nitrogen and oxygen atoms in total. The summed E-state index contributed by atoms with van der Waals surface area (Å²) in [5, 5.41) is 8.77. The minimum absolute atomic E-state index is 0.138. The van der Waals surface area contributed by atoms with Gasteiger partial charge in [0.15, 0.2) is 5.82 Å². The van der Waals surface area contributed by atoms with Crippen LogP contribution in [0.5, 0.6) is 0 Å². The quantitative estimate of drug-likeness (QED) is 0.825. The Morgan fingerprint density at radius 2 is 1.67 bits per heavy atom. The number of benzene rings is 2. The maximum absolute atomic E-state index is 13.9. The number of carbonyl (C=O) groups is 1. The van der Waals surface area contributed by atoms with E-state index in [0.717, 1.165) is 0 Å². The molecular weight excluding hydrogens is 278 g/mol. The van der Waals surface area contributed by atoms with Gasteiger partial charge in [-0.2, -0.15) is 0 Å². The molecule has 5 heteroatoms. The summed E-state index contributed by atoms with van der Waals surface area (Å²) in [5.41, 5.74) is 0.955. The number of hydrogen-bond donors (Lipinski definition) is 1. The van der Waals surface area contributed by atoms with Gasteiger partial charge in [0.05, 0.1) is 15.6 Å². The Morgan fingerprint density at radius 3 is 2.22 bits per heavy atom. The van der Waals surface area contributed by atoms with Gasteiger partial charge in [0, 0.05) is 5.56 Å². The molecule has 0 radical (unpaired) electrons. The molecule has 2 aromatic carbocycles. The van der Waals surface area contributed by atoms with Gasteiger partial charge in [-0.1, -0.05) is 35.3 Å². The molecule has 0 saturated heterocycles. The molecule has 0 atom stereocenters. The fraction of sp³-hybridized carbons (Fsp3) is 0. The molecule has 92 valence electrons. The van der Waals surface area contributed by atoms with Crippen LogP contribution >= 0.6 is 23.2 Å². The van der Waals surface area contributed by atoms with Gasteiger partial charge in [-0.05, 0) is 29.8 Å². The molecule has 0 saturated carbocycles. The first-order valence-electron chi connectivity index (χ1n) is 4.98. The Labute approximate surface area is 113 Å². The molecule has 0 amide bonds. The third-order valence-electron chi connectivity index (χ3n) is 2.48. The largest absolute Gasteiger partial charge is 0.478 e. The topological polar surface area (TPSA) is 37.3 Å². The number of halogens is 3. The lowest BCUT2D eigenvalue weighted by Crippen LogP contribution is -1.95. The van der Waals surface area contributed by atoms with Crippen LogP contribution < -0.4 is 0 Å². The van der Waals surface area contributed by atoms with Crippen LogP contribution in [0, 0.1) is 5.82 Å². The number of carboxylic acids is 1. The van der Waals surface area contributed by atoms with E-state index >= 15 is 0 Å². The summed E-state index contributed by atoms with van der Waals surface area (Å²) in [6.45, 7) is 0. The molecule has 0 aliphatic carbocycles. The van der Waals surface area contributed by atoms with Crippen LogP contribution in [0.1, 0.15) is 10.4 Å². The Kier molecular flexibility index (Phi) is 3.55. The van der Waals surface area contributed by atoms with Crippen molar-refractivity contribution in [3.63, 3.8) is 0 Å². The monoisotopic (exact) mass is 284 g/mol. The average Bonchev–Trinajstić information content (AvgIpc) is 2.36. The molecule has 0 aliphatic rings. The Hall–Kier alpha value is -1.58. The summed E-state index contributed by atoms with van der Waals surface area (Å²) in [6, 6.07) is 8.84. The maximum atomic E-state index is 13.9. The van der Waals surface area contributed by atoms with Crippen molar-refractivity contribution in [3.8, 4) is 11.1 Å². The average molecular weight is 285 g/mol. The number of hydrogen-bond acceptors (Lipinski definition) is 1. The smallest absolute Gasteiger partial charge is 0.335 e. The second-order valence-electron chi connectivity index (χ2n) is 3.61. The van der Waals surface area contributed by atoms with Gasteiger partial charge in [0.25, 0.3) is 0 Å². The lowest BCUT2D eigenvalue weighted by atomic mass is 10.0. The normalized spacial score (nSPS) is 10.4. The standard InChI is InChI=1S/C13H7Cl2FO2/c14-10-6-5-9(12(16)11(10)15)7-1-3-8(4-2-7)13(17)18/h1-6H,(H,17,18). The fourth-order valence-electron chi connectivity index (χ4n) is 1.54. The molecule has 0 bridgehead atoms. The molecule has 0 aliphatic heterocycles. The predicted octanol–water partition coefficient (Wildman–Crippen LogP) is 4.50. The van der Waals surface area contributed by atoms with Crippen molar-refractivity contribution in [1.82, 2.24) is 0 Å². The van der Waals surface area contributed by atoms with Crippen LogP contribution in [-0.2, 0) is 0 Å². The van der Waals surface area contributed by atoms with Crippen molar-refractivity contribution < 1.29 is 14.3 Å². The second-order valence-corrected chi connectivity index (χ2v) is 4.39. The molecular formula is C13H7Cl2FO2. The Bertz CT molecular complexity index is 609. The van der Waals surface area contributed by atoms with Gasteiger partial charge in [-0.15, -0.1) is 0 Å². The van der Waals surface area contributed by atoms with Crippen LogP contribution in [0.2, 0.25) is 10.0 Å². The van der Waals surface area contributed by atoms with E-state index in [2.05, 4.69) is 0 Å². The third kappa shape index (κ3) is 2.33. The van der Waals surface area contributed by atoms with Crippen molar-refractivity contribution in [3.05, 3.63) is 57.8 Å². The first-order chi connectivity index (χ1) is 8.50. The predicted molar refractivity (Wildman–Crippen MR) is 68.8 cm³/mol. The Morgan fingerprint density at radius 1 is 1.06 bits per heavy atom. The van der Waals surface area contributed by atoms with E-state index in [1.807, 2.05) is 0 Å². The van der Waals surface area contributed by atoms with E-state index in [1.165, 1.54) is 36.4 Å². The van der Waals surface area contributed by atoms with E-state index in [1.54, 1.807) is 0 Å². The van der Waals surface area contributed by atoms with Crippen molar-refractivity contribution in [2.45, 2.75) is 0 Å². The van der Waals surface area contributed by atoms with Gasteiger partial charge in [0.2, 0.25) is 0 Å². The van der Waals surface area contributed by atoms with E-state index in [0.29, 0.717) is 5.56 Å². The van der Waals surface area contributed by atoms with Crippen LogP contribution in [0.25, 0.3) is 11.1 Å². The highest BCUT2D eigenvalue weighted by atomic mass is 35.5. The number of aromatic carboxylic acids is 1. The van der Waals surface area contributed by atoms with Gasteiger partial charge in [0.1, 0.15) is 0 Å². The summed E-state index contributed by atoms with van der Waals surface area (Å²) in [7, 11) is 0. The van der Waals surface area contributed by atoms with Crippen LogP contribution in [0.3, 0.4) is 0 Å². The molecule has 0 aromatic heterocycles. The summed E-state index contributed by atoms with van der Waals surface area (Å²) >= 11 is 11.4. The summed E-state index contributed by atoms with van der Waals surface area (Å²) in [6.07, 6.45) is 0. The van der Waals surface area contributed by atoms with E-state index in [9.17, 15) is 9.18 Å². The highest BCUT2D eigenvalue weighted by Gasteiger charge is 2.12. The maximum Gasteiger partial charge on any atom is 0.335 e. The highest BCUT2D eigenvalue weighted by molar-refractivity contribution is 6.42. The van der Waals surface area contributed by atoms with Gasteiger partial charge >= 0.3 is 5.97 Å². The van der Waals surface area contributed by atoms with Crippen molar-refractivity contribution in [2.24, 2.45) is 0 Å². The molecule has 2 aromatic rings. The zero-order valence-electron chi connectivity index (χ0n) is 8.95. The van der Waals surface area contributed by atoms with Crippen molar-refractivity contribution >= 4 is 29.2 Å². The minimum Gasteiger partial charge on any atom is -0.478 e. The van der Waals surface area contributed by atoms with E-state index < -0.39 is 11.8 Å². The molecule has 0 unspecified atom stereocenters. The summed E-state index contributed by atoms with van der Waals surface area (Å²) < 4.78 is 13.9. The zero-order valence-corrected chi connectivity index (χ0v) is 10.5. The van der Waals surface area contributed by atoms with Crippen molar-refractivity contribution in [2.75, 3.05) is 0 Å². The van der Waals surface area contributed by atoms with Crippen LogP contribution in [-0.4, -0.2) is 11.1 Å². The number of rotatable bonds is 2. The lowest BCUT2D eigenvalue weighted by molar-refractivity contribution is 0.0697. The Balaban J connectivity index is 2.49. The second kappa shape index (κ2) is 4.96. The molecule has 1 N–H and O–H groups in total. The molecule has 0 heterocycles. The highest BCUT2D eigenvalue weighted by Crippen LogP contribution is 2.32. The molecule has 18 heavy (non-hydrogen) atoms. The summed E-state index contributed by atoms with van der Waals surface area (Å²) in [5.74, 6) is -1.65. The fourth-order valence-corrected chi connectivity index (χ4v) is 1.85. The minimum atomic E-state index is -1.03. The zero-order chi connectivity index (χ0) is 13.3. The molecule has 0 spiro atoms. The third-order valence-corrected chi connectivity index (χ3v) is 3.26. The van der Waals surface area contributed by atoms with E-state index in [4.69, 9.17) is 28.3 Å². The molecule has 0 fully saturated rings. The van der Waals surface area contributed by atoms with Crippen LogP contribution in [0.15, 0.2) is 36.4 Å². The van der Waals surface area contributed by atoms with Crippen LogP contribution in [0.4, 0.5) is 4.39 Å². The first kappa shape index (κ1) is 12.9. The molecule has 2 rings (SSSR count). The van der Waals surface area contributed by atoms with Gasteiger partial charge in [-0.25, -0.2) is 9.18 Å². The van der Waals surface area contributed by atoms with E-state index in [-0.39, 0.29) is 21.2 Å². The van der Waals surface area contributed by atoms with Gasteiger partial charge < -0.3 is 5.11 Å². The van der Waals surface area contributed by atoms with Gasteiger partial charge in [-0.3, -0.25) is 0 Å². The lowest BCUT2D eigenvalue weighted by Gasteiger charge is -2.06. The first-order valence-corrected chi connectivity index (χ1v) is 5.73. The van der Waals surface area contributed by atoms with Crippen molar-refractivity contribution in [1.29, 1.82) is 0 Å². The number of carboxylic acid groups (broad SMARTS) is 1. The SMILES string of the molecule is O=C(O)c1ccc(-c2ccc(Cl)c(Cl)c2F)cc1. The summed E-state index contributed by atoms with van der Waals surface area (Å²) in [4.78, 5) is 10.7.